The van der Waals surface area contributed by atoms with E-state index in [1.54, 1.807) is 13.0 Å². The quantitative estimate of drug-likeness (QED) is 0.823. The first-order valence-electron chi connectivity index (χ1n) is 5.71. The Morgan fingerprint density at radius 2 is 2.42 bits per heavy atom. The number of nitrogens with one attached hydrogen (secondary N) is 1. The topological polar surface area (TPSA) is 74.2 Å². The van der Waals surface area contributed by atoms with Crippen LogP contribution in [0, 0.1) is 0 Å². The van der Waals surface area contributed by atoms with E-state index in [-0.39, 0.29) is 24.3 Å². The van der Waals surface area contributed by atoms with Gasteiger partial charge in [-0.05, 0) is 26.0 Å². The van der Waals surface area contributed by atoms with Gasteiger partial charge in [-0.15, -0.1) is 11.3 Å². The first kappa shape index (κ1) is 14.3. The van der Waals surface area contributed by atoms with Gasteiger partial charge in [0.05, 0.1) is 10.4 Å². The molecule has 2 N–H and O–H groups in total. The number of aliphatic hydroxyl groups excluding tert-OH is 1. The van der Waals surface area contributed by atoms with E-state index in [0.29, 0.717) is 4.34 Å². The number of amides is 1. The second kappa shape index (κ2) is 5.87. The van der Waals surface area contributed by atoms with Crippen LogP contribution in [0.5, 0.6) is 0 Å². The second-order valence-electron chi connectivity index (χ2n) is 4.11. The van der Waals surface area contributed by atoms with Crippen molar-refractivity contribution in [3.05, 3.63) is 21.3 Å². The van der Waals surface area contributed by atoms with Gasteiger partial charge in [-0.3, -0.25) is 4.79 Å². The van der Waals surface area contributed by atoms with Crippen molar-refractivity contribution in [2.45, 2.75) is 32.7 Å². The van der Waals surface area contributed by atoms with Gasteiger partial charge in [0.2, 0.25) is 0 Å². The molecule has 0 radical (unpaired) electrons. The normalized spacial score (nSPS) is 23.2. The standard InChI is InChI=1S/C11H14ClN3O3S/c1-6-10(11(17)15(13-6)7(2)16)14-18-5-8-3-4-9(12)19-8/h3-4,6-7,13,16H,5H2,1-2H3. The molecule has 1 saturated heterocycles. The minimum atomic E-state index is -0.918. The summed E-state index contributed by atoms with van der Waals surface area (Å²) in [5, 5.41) is 14.4. The molecule has 8 heteroatoms. The van der Waals surface area contributed by atoms with E-state index in [9.17, 15) is 9.90 Å². The Morgan fingerprint density at radius 3 is 2.95 bits per heavy atom. The van der Waals surface area contributed by atoms with Gasteiger partial charge in [-0.2, -0.15) is 0 Å². The molecule has 2 unspecified atom stereocenters. The third-order valence-corrected chi connectivity index (χ3v) is 3.76. The predicted molar refractivity (Wildman–Crippen MR) is 72.7 cm³/mol. The van der Waals surface area contributed by atoms with Crippen LogP contribution in [-0.2, 0) is 16.2 Å². The van der Waals surface area contributed by atoms with Crippen molar-refractivity contribution in [2.75, 3.05) is 0 Å². The minimum absolute atomic E-state index is 0.239. The molecule has 2 rings (SSSR count). The van der Waals surface area contributed by atoms with Crippen molar-refractivity contribution in [3.8, 4) is 0 Å². The van der Waals surface area contributed by atoms with E-state index in [0.717, 1.165) is 9.89 Å². The smallest absolute Gasteiger partial charge is 0.289 e. The van der Waals surface area contributed by atoms with E-state index < -0.39 is 6.23 Å². The molecule has 1 aromatic rings. The molecule has 1 aliphatic rings. The fourth-order valence-electron chi connectivity index (χ4n) is 1.63. The lowest BCUT2D eigenvalue weighted by molar-refractivity contribution is -0.135. The van der Waals surface area contributed by atoms with Crippen molar-refractivity contribution in [3.63, 3.8) is 0 Å². The summed E-state index contributed by atoms with van der Waals surface area (Å²) in [6, 6.07) is 3.32. The van der Waals surface area contributed by atoms with Crippen LogP contribution >= 0.6 is 22.9 Å². The van der Waals surface area contributed by atoms with Crippen molar-refractivity contribution in [1.82, 2.24) is 10.4 Å². The fourth-order valence-corrected chi connectivity index (χ4v) is 2.62. The summed E-state index contributed by atoms with van der Waals surface area (Å²) in [4.78, 5) is 18.0. The summed E-state index contributed by atoms with van der Waals surface area (Å²) < 4.78 is 0.679. The number of carbonyl (C=O) groups is 1. The lowest BCUT2D eigenvalue weighted by atomic mass is 10.2. The van der Waals surface area contributed by atoms with Gasteiger partial charge < -0.3 is 9.94 Å². The number of carbonyl (C=O) groups excluding carboxylic acids is 1. The maximum Gasteiger partial charge on any atom is 0.289 e. The monoisotopic (exact) mass is 303 g/mol. The molecule has 1 fully saturated rings. The zero-order valence-corrected chi connectivity index (χ0v) is 12.0. The van der Waals surface area contributed by atoms with Crippen LogP contribution in [0.4, 0.5) is 0 Å². The zero-order chi connectivity index (χ0) is 14.0. The van der Waals surface area contributed by atoms with Gasteiger partial charge in [0, 0.05) is 4.88 Å². The molecule has 1 aromatic heterocycles. The largest absolute Gasteiger partial charge is 0.390 e. The van der Waals surface area contributed by atoms with Gasteiger partial charge in [0.15, 0.2) is 12.3 Å². The molecule has 2 heterocycles. The van der Waals surface area contributed by atoms with E-state index in [2.05, 4.69) is 10.6 Å². The molecular weight excluding hydrogens is 290 g/mol. The number of hydrogen-bond donors (Lipinski definition) is 2. The molecule has 2 atom stereocenters. The minimum Gasteiger partial charge on any atom is -0.390 e. The highest BCUT2D eigenvalue weighted by Crippen LogP contribution is 2.22. The van der Waals surface area contributed by atoms with Crippen LogP contribution in [0.3, 0.4) is 0 Å². The van der Waals surface area contributed by atoms with Crippen molar-refractivity contribution in [1.29, 1.82) is 0 Å². The van der Waals surface area contributed by atoms with E-state index in [4.69, 9.17) is 16.4 Å². The Bertz CT molecular complexity index is 503. The molecule has 6 nitrogen and oxygen atoms in total. The Hall–Kier alpha value is -1.15. The van der Waals surface area contributed by atoms with Gasteiger partial charge >= 0.3 is 0 Å². The van der Waals surface area contributed by atoms with Crippen molar-refractivity contribution in [2.24, 2.45) is 5.16 Å². The van der Waals surface area contributed by atoms with Gasteiger partial charge in [-0.25, -0.2) is 10.4 Å². The number of nitrogens with zero attached hydrogens (tertiary/aromatic N) is 2. The Kier molecular flexibility index (Phi) is 4.41. The summed E-state index contributed by atoms with van der Waals surface area (Å²) in [7, 11) is 0. The fraction of sp³-hybridized carbons (Fsp3) is 0.455. The first-order chi connectivity index (χ1) is 8.99. The van der Waals surface area contributed by atoms with Gasteiger partial charge in [0.25, 0.3) is 5.91 Å². The molecule has 0 bridgehead atoms. The van der Waals surface area contributed by atoms with Crippen LogP contribution in [0.1, 0.15) is 18.7 Å². The molecule has 104 valence electrons. The first-order valence-corrected chi connectivity index (χ1v) is 6.90. The molecule has 0 spiro atoms. The number of hydrazine groups is 1. The van der Waals surface area contributed by atoms with Gasteiger partial charge in [-0.1, -0.05) is 16.8 Å². The molecule has 19 heavy (non-hydrogen) atoms. The number of hydrogen-bond acceptors (Lipinski definition) is 6. The average Bonchev–Trinajstić information content (AvgIpc) is 2.87. The van der Waals surface area contributed by atoms with Crippen molar-refractivity contribution >= 4 is 34.6 Å². The SMILES string of the molecule is CC1NN(C(C)O)C(=O)C1=NOCc1ccc(Cl)s1. The summed E-state index contributed by atoms with van der Waals surface area (Å²) in [5.74, 6) is -0.383. The molecule has 0 saturated carbocycles. The second-order valence-corrected chi connectivity index (χ2v) is 5.91. The maximum atomic E-state index is 11.9. The predicted octanol–water partition coefficient (Wildman–Crippen LogP) is 1.35. The van der Waals surface area contributed by atoms with Crippen LogP contribution in [0.25, 0.3) is 0 Å². The molecule has 1 amide bonds. The average molecular weight is 304 g/mol. The molecule has 0 aliphatic carbocycles. The van der Waals surface area contributed by atoms with Crippen LogP contribution < -0.4 is 5.43 Å². The summed E-state index contributed by atoms with van der Waals surface area (Å²) >= 11 is 7.19. The van der Waals surface area contributed by atoms with Crippen LogP contribution in [0.15, 0.2) is 17.3 Å². The summed E-state index contributed by atoms with van der Waals surface area (Å²) in [6.45, 7) is 3.52. The summed E-state index contributed by atoms with van der Waals surface area (Å²) in [5.41, 5.74) is 3.05. The van der Waals surface area contributed by atoms with Crippen LogP contribution in [0.2, 0.25) is 4.34 Å². The van der Waals surface area contributed by atoms with E-state index in [1.165, 1.54) is 18.3 Å². The third-order valence-electron chi connectivity index (χ3n) is 2.55. The number of oxime groups is 1. The van der Waals surface area contributed by atoms with Crippen molar-refractivity contribution < 1.29 is 14.7 Å². The highest BCUT2D eigenvalue weighted by Gasteiger charge is 2.36. The maximum absolute atomic E-state index is 11.9. The van der Waals surface area contributed by atoms with E-state index in [1.807, 2.05) is 6.07 Å². The van der Waals surface area contributed by atoms with Gasteiger partial charge in [0.1, 0.15) is 6.23 Å². The molecule has 0 aromatic carbocycles. The van der Waals surface area contributed by atoms with Crippen LogP contribution in [-0.4, -0.2) is 34.0 Å². The molecule has 1 aliphatic heterocycles. The lowest BCUT2D eigenvalue weighted by Gasteiger charge is -2.18. The lowest BCUT2D eigenvalue weighted by Crippen LogP contribution is -2.43. The highest BCUT2D eigenvalue weighted by molar-refractivity contribution is 7.16. The zero-order valence-electron chi connectivity index (χ0n) is 10.5. The molecular formula is C11H14ClN3O3S. The number of aliphatic hydroxyl groups is 1. The number of rotatable bonds is 4. The Morgan fingerprint density at radius 1 is 1.68 bits per heavy atom. The third kappa shape index (κ3) is 3.24. The van der Waals surface area contributed by atoms with E-state index >= 15 is 0 Å². The Balaban J connectivity index is 1.97. The summed E-state index contributed by atoms with van der Waals surface area (Å²) in [6.07, 6.45) is -0.918. The number of thiophene rings is 1. The number of halogens is 1. The highest BCUT2D eigenvalue weighted by atomic mass is 35.5. The Labute approximate surface area is 119 Å².